The SMILES string of the molecule is CC(NC1(C)CCCCC1)c1ccc(Cl)c(Cl)c1. The monoisotopic (exact) mass is 285 g/mol. The maximum absolute atomic E-state index is 6.08. The van der Waals surface area contributed by atoms with Crippen LogP contribution in [0, 0.1) is 0 Å². The first-order valence-electron chi connectivity index (χ1n) is 6.73. The Morgan fingerprint density at radius 1 is 1.11 bits per heavy atom. The van der Waals surface area contributed by atoms with E-state index in [1.807, 2.05) is 12.1 Å². The molecule has 1 aromatic carbocycles. The van der Waals surface area contributed by atoms with Crippen molar-refractivity contribution in [2.75, 3.05) is 0 Å². The van der Waals surface area contributed by atoms with Gasteiger partial charge in [-0.1, -0.05) is 48.5 Å². The van der Waals surface area contributed by atoms with E-state index in [2.05, 4.69) is 25.2 Å². The van der Waals surface area contributed by atoms with Gasteiger partial charge in [0.25, 0.3) is 0 Å². The number of hydrogen-bond donors (Lipinski definition) is 1. The Labute approximate surface area is 120 Å². The van der Waals surface area contributed by atoms with Crippen molar-refractivity contribution in [3.63, 3.8) is 0 Å². The fourth-order valence-corrected chi connectivity index (χ4v) is 3.17. The van der Waals surface area contributed by atoms with E-state index in [0.717, 1.165) is 0 Å². The molecule has 1 N–H and O–H groups in total. The number of nitrogens with one attached hydrogen (secondary N) is 1. The Bertz CT molecular complexity index is 411. The third kappa shape index (κ3) is 3.40. The van der Waals surface area contributed by atoms with Crippen molar-refractivity contribution in [1.29, 1.82) is 0 Å². The highest BCUT2D eigenvalue weighted by molar-refractivity contribution is 6.42. The summed E-state index contributed by atoms with van der Waals surface area (Å²) in [4.78, 5) is 0. The first-order valence-corrected chi connectivity index (χ1v) is 7.48. The van der Waals surface area contributed by atoms with Gasteiger partial charge in [0, 0.05) is 11.6 Å². The van der Waals surface area contributed by atoms with Crippen molar-refractivity contribution >= 4 is 23.2 Å². The van der Waals surface area contributed by atoms with Crippen LogP contribution < -0.4 is 5.32 Å². The summed E-state index contributed by atoms with van der Waals surface area (Å²) in [5.74, 6) is 0. The number of benzene rings is 1. The molecule has 0 spiro atoms. The van der Waals surface area contributed by atoms with Crippen LogP contribution in [-0.4, -0.2) is 5.54 Å². The van der Waals surface area contributed by atoms with Gasteiger partial charge < -0.3 is 5.32 Å². The number of rotatable bonds is 3. The Kier molecular flexibility index (Phi) is 4.58. The number of hydrogen-bond acceptors (Lipinski definition) is 1. The van der Waals surface area contributed by atoms with Crippen LogP contribution in [0.15, 0.2) is 18.2 Å². The van der Waals surface area contributed by atoms with E-state index in [1.165, 1.54) is 37.7 Å². The van der Waals surface area contributed by atoms with Crippen LogP contribution in [0.5, 0.6) is 0 Å². The van der Waals surface area contributed by atoms with Gasteiger partial charge in [0.05, 0.1) is 10.0 Å². The summed E-state index contributed by atoms with van der Waals surface area (Å²) < 4.78 is 0. The quantitative estimate of drug-likeness (QED) is 0.788. The molecule has 3 heteroatoms. The Balaban J connectivity index is 2.06. The third-order valence-electron chi connectivity index (χ3n) is 3.97. The molecular formula is C15H21Cl2N. The molecule has 0 bridgehead atoms. The van der Waals surface area contributed by atoms with E-state index in [4.69, 9.17) is 23.2 Å². The van der Waals surface area contributed by atoms with Gasteiger partial charge >= 0.3 is 0 Å². The molecule has 1 fully saturated rings. The lowest BCUT2D eigenvalue weighted by atomic mass is 9.82. The van der Waals surface area contributed by atoms with Crippen LogP contribution in [0.2, 0.25) is 10.0 Å². The molecule has 0 radical (unpaired) electrons. The van der Waals surface area contributed by atoms with E-state index in [-0.39, 0.29) is 5.54 Å². The highest BCUT2D eigenvalue weighted by Gasteiger charge is 2.28. The maximum atomic E-state index is 6.08. The predicted octanol–water partition coefficient (Wildman–Crippen LogP) is 5.37. The van der Waals surface area contributed by atoms with Crippen LogP contribution in [0.4, 0.5) is 0 Å². The van der Waals surface area contributed by atoms with Crippen molar-refractivity contribution in [1.82, 2.24) is 5.32 Å². The average molecular weight is 286 g/mol. The van der Waals surface area contributed by atoms with Gasteiger partial charge in [0.2, 0.25) is 0 Å². The summed E-state index contributed by atoms with van der Waals surface area (Å²) in [6, 6.07) is 6.20. The average Bonchev–Trinajstić information content (AvgIpc) is 2.33. The molecule has 0 aliphatic heterocycles. The van der Waals surface area contributed by atoms with Crippen LogP contribution in [0.3, 0.4) is 0 Å². The third-order valence-corrected chi connectivity index (χ3v) is 4.70. The lowest BCUT2D eigenvalue weighted by Gasteiger charge is -2.37. The van der Waals surface area contributed by atoms with Gasteiger partial charge in [0.1, 0.15) is 0 Å². The lowest BCUT2D eigenvalue weighted by Crippen LogP contribution is -2.45. The first kappa shape index (κ1) is 14.2. The van der Waals surface area contributed by atoms with Crippen molar-refractivity contribution in [3.05, 3.63) is 33.8 Å². The molecule has 100 valence electrons. The summed E-state index contributed by atoms with van der Waals surface area (Å²) in [7, 11) is 0. The predicted molar refractivity (Wildman–Crippen MR) is 79.5 cm³/mol. The molecule has 1 aliphatic rings. The minimum Gasteiger partial charge on any atom is -0.305 e. The Morgan fingerprint density at radius 2 is 1.78 bits per heavy atom. The highest BCUT2D eigenvalue weighted by Crippen LogP contribution is 2.31. The largest absolute Gasteiger partial charge is 0.305 e. The van der Waals surface area contributed by atoms with Gasteiger partial charge in [0.15, 0.2) is 0 Å². The van der Waals surface area contributed by atoms with Gasteiger partial charge in [-0.15, -0.1) is 0 Å². The zero-order valence-corrected chi connectivity index (χ0v) is 12.6. The molecule has 1 aromatic rings. The highest BCUT2D eigenvalue weighted by atomic mass is 35.5. The molecule has 0 heterocycles. The fourth-order valence-electron chi connectivity index (χ4n) is 2.86. The Morgan fingerprint density at radius 3 is 2.39 bits per heavy atom. The van der Waals surface area contributed by atoms with Crippen LogP contribution in [-0.2, 0) is 0 Å². The van der Waals surface area contributed by atoms with E-state index in [9.17, 15) is 0 Å². The number of halogens is 2. The minimum atomic E-state index is 0.268. The second-order valence-corrected chi connectivity index (χ2v) is 6.48. The van der Waals surface area contributed by atoms with E-state index in [1.54, 1.807) is 0 Å². The molecular weight excluding hydrogens is 265 g/mol. The fraction of sp³-hybridized carbons (Fsp3) is 0.600. The molecule has 2 rings (SSSR count). The second kappa shape index (κ2) is 5.81. The van der Waals surface area contributed by atoms with Crippen molar-refractivity contribution < 1.29 is 0 Å². The molecule has 18 heavy (non-hydrogen) atoms. The zero-order valence-electron chi connectivity index (χ0n) is 11.1. The Hall–Kier alpha value is -0.240. The summed E-state index contributed by atoms with van der Waals surface area (Å²) in [5, 5.41) is 5.01. The summed E-state index contributed by atoms with van der Waals surface area (Å²) in [6.07, 6.45) is 6.56. The van der Waals surface area contributed by atoms with Crippen LogP contribution >= 0.6 is 23.2 Å². The van der Waals surface area contributed by atoms with Crippen molar-refractivity contribution in [2.45, 2.75) is 57.5 Å². The lowest BCUT2D eigenvalue weighted by molar-refractivity contribution is 0.233. The molecule has 0 saturated heterocycles. The topological polar surface area (TPSA) is 12.0 Å². The van der Waals surface area contributed by atoms with Gasteiger partial charge in [-0.2, -0.15) is 0 Å². The molecule has 0 amide bonds. The smallest absolute Gasteiger partial charge is 0.0595 e. The summed E-state index contributed by atoms with van der Waals surface area (Å²) >= 11 is 12.0. The molecule has 1 aliphatic carbocycles. The summed E-state index contributed by atoms with van der Waals surface area (Å²) in [6.45, 7) is 4.53. The van der Waals surface area contributed by atoms with Crippen LogP contribution in [0.25, 0.3) is 0 Å². The van der Waals surface area contributed by atoms with Gasteiger partial charge in [-0.25, -0.2) is 0 Å². The minimum absolute atomic E-state index is 0.268. The zero-order chi connectivity index (χ0) is 13.2. The van der Waals surface area contributed by atoms with Crippen molar-refractivity contribution in [2.24, 2.45) is 0 Å². The molecule has 1 saturated carbocycles. The van der Waals surface area contributed by atoms with Crippen molar-refractivity contribution in [3.8, 4) is 0 Å². The maximum Gasteiger partial charge on any atom is 0.0595 e. The normalized spacial score (nSPS) is 20.7. The first-order chi connectivity index (χ1) is 8.50. The molecule has 1 unspecified atom stereocenters. The standard InChI is InChI=1S/C15H21Cl2N/c1-11(12-6-7-13(16)14(17)10-12)18-15(2)8-4-3-5-9-15/h6-7,10-11,18H,3-5,8-9H2,1-2H3. The van der Waals surface area contributed by atoms with E-state index in [0.29, 0.717) is 16.1 Å². The van der Waals surface area contributed by atoms with Gasteiger partial charge in [-0.05, 0) is 44.4 Å². The summed E-state index contributed by atoms with van der Waals surface area (Å²) in [5.41, 5.74) is 1.47. The molecule has 1 nitrogen and oxygen atoms in total. The molecule has 1 atom stereocenters. The molecule has 0 aromatic heterocycles. The van der Waals surface area contributed by atoms with E-state index < -0.39 is 0 Å². The van der Waals surface area contributed by atoms with E-state index >= 15 is 0 Å². The van der Waals surface area contributed by atoms with Crippen LogP contribution in [0.1, 0.15) is 57.6 Å². The van der Waals surface area contributed by atoms with Gasteiger partial charge in [-0.3, -0.25) is 0 Å². The second-order valence-electron chi connectivity index (χ2n) is 5.66.